The van der Waals surface area contributed by atoms with Gasteiger partial charge in [-0.05, 0) is 24.3 Å². The number of hydrogen-bond donors (Lipinski definition) is 2. The Morgan fingerprint density at radius 2 is 2.11 bits per heavy atom. The third-order valence-corrected chi connectivity index (χ3v) is 3.40. The van der Waals surface area contributed by atoms with E-state index in [9.17, 15) is 4.79 Å². The highest BCUT2D eigenvalue weighted by Crippen LogP contribution is 2.23. The minimum absolute atomic E-state index is 0.134. The third kappa shape index (κ3) is 2.53. The van der Waals surface area contributed by atoms with Crippen LogP contribution in [0.1, 0.15) is 17.7 Å². The Kier molecular flexibility index (Phi) is 3.97. The van der Waals surface area contributed by atoms with Gasteiger partial charge in [0.1, 0.15) is 0 Å². The number of nitrogens with one attached hydrogen (secondary N) is 1. The van der Waals surface area contributed by atoms with Crippen LogP contribution in [0.4, 0.5) is 0 Å². The maximum absolute atomic E-state index is 11.8. The predicted octanol–water partition coefficient (Wildman–Crippen LogP) is 2.75. The molecular weight excluding hydrogens is 244 g/mol. The molecule has 0 aliphatic rings. The van der Waals surface area contributed by atoms with Gasteiger partial charge in [0.05, 0.1) is 0 Å². The second kappa shape index (κ2) is 5.48. The van der Waals surface area contributed by atoms with Gasteiger partial charge in [0, 0.05) is 36.6 Å². The molecule has 0 aliphatic heterocycles. The van der Waals surface area contributed by atoms with Crippen molar-refractivity contribution in [1.29, 1.82) is 0 Å². The predicted molar refractivity (Wildman–Crippen MR) is 78.0 cm³/mol. The molecule has 0 bridgehead atoms. The molecule has 2 aromatic rings. The van der Waals surface area contributed by atoms with Crippen molar-refractivity contribution in [3.63, 3.8) is 0 Å². The fourth-order valence-electron chi connectivity index (χ4n) is 2.15. The first-order valence-corrected chi connectivity index (χ1v) is 6.67. The van der Waals surface area contributed by atoms with Crippen LogP contribution < -0.4 is 0 Å². The van der Waals surface area contributed by atoms with Crippen LogP contribution >= 0.6 is 12.6 Å². The van der Waals surface area contributed by atoms with Crippen molar-refractivity contribution in [2.45, 2.75) is 19.9 Å². The summed E-state index contributed by atoms with van der Waals surface area (Å²) < 4.78 is 0. The van der Waals surface area contributed by atoms with E-state index in [1.54, 1.807) is 4.90 Å². The molecule has 0 unspecified atom stereocenters. The zero-order chi connectivity index (χ0) is 13.1. The minimum atomic E-state index is 0.134. The summed E-state index contributed by atoms with van der Waals surface area (Å²) in [4.78, 5) is 16.9. The first kappa shape index (κ1) is 13.0. The minimum Gasteiger partial charge on any atom is -0.358 e. The van der Waals surface area contributed by atoms with Crippen molar-refractivity contribution >= 4 is 29.4 Å². The maximum Gasteiger partial charge on any atom is 0.223 e. The molecule has 1 aromatic heterocycles. The summed E-state index contributed by atoms with van der Waals surface area (Å²) in [5, 5.41) is 1.19. The van der Waals surface area contributed by atoms with Crippen molar-refractivity contribution < 1.29 is 4.79 Å². The van der Waals surface area contributed by atoms with Crippen LogP contribution in [0.15, 0.2) is 24.3 Å². The summed E-state index contributed by atoms with van der Waals surface area (Å²) in [6.07, 6.45) is 0.487. The smallest absolute Gasteiger partial charge is 0.223 e. The van der Waals surface area contributed by atoms with Crippen LogP contribution in [0.25, 0.3) is 10.9 Å². The standard InChI is InChI=1S/C14H18N2OS/c1-10-12(9-16(2)14(17)7-8-18)11-5-3-4-6-13(11)15-10/h3-6,15,18H,7-9H2,1-2H3. The van der Waals surface area contributed by atoms with E-state index in [1.807, 2.05) is 26.1 Å². The van der Waals surface area contributed by atoms with Crippen LogP contribution in [0, 0.1) is 6.92 Å². The highest BCUT2D eigenvalue weighted by Gasteiger charge is 2.13. The molecule has 0 fully saturated rings. The van der Waals surface area contributed by atoms with Gasteiger partial charge in [-0.3, -0.25) is 4.79 Å². The van der Waals surface area contributed by atoms with Crippen LogP contribution in [0.2, 0.25) is 0 Å². The molecule has 4 heteroatoms. The second-order valence-corrected chi connectivity index (χ2v) is 4.94. The number of carbonyl (C=O) groups excluding carboxylic acids is 1. The molecule has 1 amide bonds. The summed E-state index contributed by atoms with van der Waals surface area (Å²) in [6, 6.07) is 8.18. The Bertz CT molecular complexity index is 562. The zero-order valence-electron chi connectivity index (χ0n) is 10.7. The molecule has 1 N–H and O–H groups in total. The molecule has 1 aromatic carbocycles. The van der Waals surface area contributed by atoms with Crippen molar-refractivity contribution in [3.8, 4) is 0 Å². The molecule has 96 valence electrons. The van der Waals surface area contributed by atoms with Gasteiger partial charge in [-0.25, -0.2) is 0 Å². The van der Waals surface area contributed by atoms with Gasteiger partial charge >= 0.3 is 0 Å². The number of amides is 1. The Morgan fingerprint density at radius 3 is 2.83 bits per heavy atom. The summed E-state index contributed by atoms with van der Waals surface area (Å²) in [5.41, 5.74) is 3.45. The number of hydrogen-bond acceptors (Lipinski definition) is 2. The number of aromatic nitrogens is 1. The number of H-pyrrole nitrogens is 1. The lowest BCUT2D eigenvalue weighted by molar-refractivity contribution is -0.129. The van der Waals surface area contributed by atoms with Crippen molar-refractivity contribution in [2.75, 3.05) is 12.8 Å². The van der Waals surface area contributed by atoms with Crippen LogP contribution in [0.3, 0.4) is 0 Å². The van der Waals surface area contributed by atoms with Gasteiger partial charge < -0.3 is 9.88 Å². The maximum atomic E-state index is 11.8. The first-order chi connectivity index (χ1) is 8.63. The van der Waals surface area contributed by atoms with E-state index in [-0.39, 0.29) is 5.91 Å². The number of aromatic amines is 1. The highest BCUT2D eigenvalue weighted by molar-refractivity contribution is 7.80. The second-order valence-electron chi connectivity index (χ2n) is 4.50. The normalized spacial score (nSPS) is 10.8. The van der Waals surface area contributed by atoms with Gasteiger partial charge in [-0.1, -0.05) is 18.2 Å². The summed E-state index contributed by atoms with van der Waals surface area (Å²) in [5.74, 6) is 0.727. The molecular formula is C14H18N2OS. The lowest BCUT2D eigenvalue weighted by atomic mass is 10.1. The van der Waals surface area contributed by atoms with E-state index in [0.717, 1.165) is 11.2 Å². The van der Waals surface area contributed by atoms with Crippen molar-refractivity contribution in [2.24, 2.45) is 0 Å². The number of para-hydroxylation sites is 1. The van der Waals surface area contributed by atoms with Crippen molar-refractivity contribution in [3.05, 3.63) is 35.5 Å². The SMILES string of the molecule is Cc1[nH]c2ccccc2c1CN(C)C(=O)CCS. The average Bonchev–Trinajstić information content (AvgIpc) is 2.66. The largest absolute Gasteiger partial charge is 0.358 e. The average molecular weight is 262 g/mol. The van der Waals surface area contributed by atoms with Crippen LogP contribution in [0.5, 0.6) is 0 Å². The highest BCUT2D eigenvalue weighted by atomic mass is 32.1. The topological polar surface area (TPSA) is 36.1 Å². The molecule has 2 rings (SSSR count). The monoisotopic (exact) mass is 262 g/mol. The van der Waals surface area contributed by atoms with E-state index >= 15 is 0 Å². The molecule has 0 spiro atoms. The number of thiol groups is 1. The number of carbonyl (C=O) groups is 1. The summed E-state index contributed by atoms with van der Waals surface area (Å²) in [6.45, 7) is 2.69. The molecule has 1 heterocycles. The van der Waals surface area contributed by atoms with Gasteiger partial charge in [-0.15, -0.1) is 0 Å². The van der Waals surface area contributed by atoms with Crippen LogP contribution in [-0.2, 0) is 11.3 Å². The third-order valence-electron chi connectivity index (χ3n) is 3.17. The summed E-state index contributed by atoms with van der Waals surface area (Å²) >= 11 is 4.09. The Balaban J connectivity index is 2.26. The first-order valence-electron chi connectivity index (χ1n) is 6.04. The zero-order valence-corrected chi connectivity index (χ0v) is 11.6. The Hall–Kier alpha value is -1.42. The number of nitrogens with zero attached hydrogens (tertiary/aromatic N) is 1. The van der Waals surface area contributed by atoms with E-state index in [2.05, 4.69) is 29.7 Å². The number of rotatable bonds is 4. The van der Waals surface area contributed by atoms with E-state index < -0.39 is 0 Å². The van der Waals surface area contributed by atoms with Gasteiger partial charge in [0.2, 0.25) is 5.91 Å². The summed E-state index contributed by atoms with van der Waals surface area (Å²) in [7, 11) is 1.84. The Labute approximate surface area is 113 Å². The molecule has 0 aliphatic carbocycles. The van der Waals surface area contributed by atoms with E-state index in [4.69, 9.17) is 0 Å². The van der Waals surface area contributed by atoms with Gasteiger partial charge in [0.25, 0.3) is 0 Å². The number of fused-ring (bicyclic) bond motifs is 1. The quantitative estimate of drug-likeness (QED) is 0.817. The fourth-order valence-corrected chi connectivity index (χ4v) is 2.34. The lowest BCUT2D eigenvalue weighted by Gasteiger charge is -2.17. The molecule has 0 saturated heterocycles. The molecule has 3 nitrogen and oxygen atoms in total. The molecule has 0 radical (unpaired) electrons. The van der Waals surface area contributed by atoms with Gasteiger partial charge in [0.15, 0.2) is 0 Å². The number of benzene rings is 1. The molecule has 18 heavy (non-hydrogen) atoms. The van der Waals surface area contributed by atoms with E-state index in [1.165, 1.54) is 10.9 Å². The number of aryl methyl sites for hydroxylation is 1. The molecule has 0 saturated carbocycles. The van der Waals surface area contributed by atoms with Crippen LogP contribution in [-0.4, -0.2) is 28.6 Å². The fraction of sp³-hybridized carbons (Fsp3) is 0.357. The van der Waals surface area contributed by atoms with Gasteiger partial charge in [-0.2, -0.15) is 12.6 Å². The lowest BCUT2D eigenvalue weighted by Crippen LogP contribution is -2.26. The molecule has 0 atom stereocenters. The van der Waals surface area contributed by atoms with Crippen molar-refractivity contribution in [1.82, 2.24) is 9.88 Å². The van der Waals surface area contributed by atoms with E-state index in [0.29, 0.717) is 18.7 Å². The Morgan fingerprint density at radius 1 is 1.39 bits per heavy atom.